The van der Waals surface area contributed by atoms with Crippen LogP contribution in [0, 0.1) is 11.6 Å². The van der Waals surface area contributed by atoms with Crippen LogP contribution in [0.15, 0.2) is 42.5 Å². The summed E-state index contributed by atoms with van der Waals surface area (Å²) in [6.07, 6.45) is 2.44. The summed E-state index contributed by atoms with van der Waals surface area (Å²) in [5, 5.41) is 12.1. The predicted molar refractivity (Wildman–Crippen MR) is 120 cm³/mol. The average molecular weight is 458 g/mol. The Hall–Kier alpha value is -3.11. The molecule has 0 saturated carbocycles. The number of nitrogens with one attached hydrogen (secondary N) is 2. The van der Waals surface area contributed by atoms with Gasteiger partial charge in [0.15, 0.2) is 5.82 Å². The fourth-order valence-electron chi connectivity index (χ4n) is 4.25. The van der Waals surface area contributed by atoms with E-state index in [2.05, 4.69) is 20.5 Å². The minimum Gasteiger partial charge on any atom is -0.364 e. The first-order valence-electron chi connectivity index (χ1n) is 10.3. The van der Waals surface area contributed by atoms with Crippen LogP contribution in [0.5, 0.6) is 0 Å². The second kappa shape index (κ2) is 7.79. The summed E-state index contributed by atoms with van der Waals surface area (Å²) in [4.78, 5) is 4.63. The SMILES string of the molecule is CS(=O)(=O)N1CCC(Nc2n[nH]c3c2nc(-c2c(F)cccc2F)c2ccccc23)CC1. The standard InChI is InChI=1S/C22H21F2N5O2S/c1-32(30,31)29-11-9-13(10-12-29)25-22-21-20(27-28-22)15-6-3-2-5-14(15)19(26-21)18-16(23)7-4-8-17(18)24/h2-8,13H,9-12H2,1H3,(H2,25,27,28). The molecule has 4 aromatic rings. The lowest BCUT2D eigenvalue weighted by Gasteiger charge is -2.30. The van der Waals surface area contributed by atoms with Gasteiger partial charge in [-0.15, -0.1) is 0 Å². The number of aromatic nitrogens is 3. The molecule has 2 N–H and O–H groups in total. The Balaban J connectivity index is 1.58. The lowest BCUT2D eigenvalue weighted by atomic mass is 10.0. The summed E-state index contributed by atoms with van der Waals surface area (Å²) >= 11 is 0. The molecule has 166 valence electrons. The quantitative estimate of drug-likeness (QED) is 0.485. The number of pyridine rings is 1. The van der Waals surface area contributed by atoms with Crippen LogP contribution in [-0.4, -0.2) is 53.3 Å². The van der Waals surface area contributed by atoms with E-state index in [4.69, 9.17) is 0 Å². The number of H-pyrrole nitrogens is 1. The fraction of sp³-hybridized carbons (Fsp3) is 0.273. The second-order valence-electron chi connectivity index (χ2n) is 7.98. The first-order chi connectivity index (χ1) is 15.3. The number of sulfonamides is 1. The van der Waals surface area contributed by atoms with Gasteiger partial charge < -0.3 is 5.32 Å². The van der Waals surface area contributed by atoms with Crippen molar-refractivity contribution >= 4 is 37.6 Å². The molecule has 0 amide bonds. The first kappa shape index (κ1) is 20.8. The normalized spacial score (nSPS) is 16.1. The lowest BCUT2D eigenvalue weighted by Crippen LogP contribution is -2.41. The van der Waals surface area contributed by atoms with E-state index in [1.165, 1.54) is 28.8 Å². The van der Waals surface area contributed by atoms with E-state index < -0.39 is 21.7 Å². The Morgan fingerprint density at radius 2 is 1.69 bits per heavy atom. The van der Waals surface area contributed by atoms with E-state index in [1.54, 1.807) is 12.1 Å². The number of anilines is 1. The summed E-state index contributed by atoms with van der Waals surface area (Å²) in [7, 11) is -3.21. The third-order valence-electron chi connectivity index (χ3n) is 5.88. The molecule has 0 atom stereocenters. The molecule has 5 rings (SSSR count). The van der Waals surface area contributed by atoms with Gasteiger partial charge in [0.05, 0.1) is 23.0 Å². The lowest BCUT2D eigenvalue weighted by molar-refractivity contribution is 0.331. The summed E-state index contributed by atoms with van der Waals surface area (Å²) < 4.78 is 54.2. The highest BCUT2D eigenvalue weighted by Crippen LogP contribution is 2.36. The number of hydrogen-bond acceptors (Lipinski definition) is 5. The molecule has 2 aromatic carbocycles. The molecule has 0 aliphatic carbocycles. The monoisotopic (exact) mass is 457 g/mol. The van der Waals surface area contributed by atoms with E-state index in [0.717, 1.165) is 5.39 Å². The highest BCUT2D eigenvalue weighted by atomic mass is 32.2. The van der Waals surface area contributed by atoms with Crippen LogP contribution in [0.2, 0.25) is 0 Å². The van der Waals surface area contributed by atoms with Gasteiger partial charge >= 0.3 is 0 Å². The number of halogens is 2. The Bertz CT molecular complexity index is 1410. The van der Waals surface area contributed by atoms with Crippen molar-refractivity contribution in [1.82, 2.24) is 19.5 Å². The van der Waals surface area contributed by atoms with Crippen LogP contribution >= 0.6 is 0 Å². The molecular weight excluding hydrogens is 436 g/mol. The van der Waals surface area contributed by atoms with Gasteiger partial charge in [0.2, 0.25) is 10.0 Å². The molecule has 1 aliphatic heterocycles. The molecule has 2 aromatic heterocycles. The van der Waals surface area contributed by atoms with Crippen molar-refractivity contribution in [1.29, 1.82) is 0 Å². The van der Waals surface area contributed by atoms with Crippen LogP contribution in [0.3, 0.4) is 0 Å². The molecular formula is C22H21F2N5O2S. The zero-order valence-electron chi connectivity index (χ0n) is 17.3. The van der Waals surface area contributed by atoms with Gasteiger partial charge in [-0.25, -0.2) is 26.5 Å². The molecule has 1 saturated heterocycles. The summed E-state index contributed by atoms with van der Waals surface area (Å²) in [5.41, 5.74) is 1.17. The maximum atomic E-state index is 14.6. The van der Waals surface area contributed by atoms with Crippen molar-refractivity contribution in [3.8, 4) is 11.3 Å². The molecule has 10 heteroatoms. The highest BCUT2D eigenvalue weighted by Gasteiger charge is 2.26. The van der Waals surface area contributed by atoms with Crippen molar-refractivity contribution in [3.05, 3.63) is 54.1 Å². The Kier molecular flexibility index (Phi) is 5.06. The molecule has 0 radical (unpaired) electrons. The molecule has 0 spiro atoms. The first-order valence-corrected chi connectivity index (χ1v) is 12.1. The fourth-order valence-corrected chi connectivity index (χ4v) is 5.13. The molecule has 0 bridgehead atoms. The summed E-state index contributed by atoms with van der Waals surface area (Å²) in [6, 6.07) is 11.0. The van der Waals surface area contributed by atoms with Crippen molar-refractivity contribution in [2.24, 2.45) is 0 Å². The highest BCUT2D eigenvalue weighted by molar-refractivity contribution is 7.88. The largest absolute Gasteiger partial charge is 0.364 e. The van der Waals surface area contributed by atoms with Gasteiger partial charge in [0.25, 0.3) is 0 Å². The minimum atomic E-state index is -3.21. The van der Waals surface area contributed by atoms with E-state index in [-0.39, 0.29) is 17.3 Å². The Morgan fingerprint density at radius 1 is 1.03 bits per heavy atom. The van der Waals surface area contributed by atoms with E-state index >= 15 is 0 Å². The van der Waals surface area contributed by atoms with Crippen molar-refractivity contribution in [2.45, 2.75) is 18.9 Å². The van der Waals surface area contributed by atoms with Gasteiger partial charge in [0, 0.05) is 29.9 Å². The third-order valence-corrected chi connectivity index (χ3v) is 7.18. The van der Waals surface area contributed by atoms with E-state index in [0.29, 0.717) is 48.2 Å². The van der Waals surface area contributed by atoms with Crippen molar-refractivity contribution in [2.75, 3.05) is 24.7 Å². The topological polar surface area (TPSA) is 91.0 Å². The van der Waals surface area contributed by atoms with Gasteiger partial charge in [0.1, 0.15) is 17.2 Å². The van der Waals surface area contributed by atoms with Crippen LogP contribution < -0.4 is 5.32 Å². The van der Waals surface area contributed by atoms with Crippen LogP contribution in [-0.2, 0) is 10.0 Å². The van der Waals surface area contributed by atoms with Crippen LogP contribution in [0.1, 0.15) is 12.8 Å². The third kappa shape index (κ3) is 3.59. The molecule has 0 unspecified atom stereocenters. The minimum absolute atomic E-state index is 0.00131. The van der Waals surface area contributed by atoms with Crippen LogP contribution in [0.25, 0.3) is 33.1 Å². The van der Waals surface area contributed by atoms with Gasteiger partial charge in [-0.3, -0.25) is 5.10 Å². The predicted octanol–water partition coefficient (Wildman–Crippen LogP) is 3.89. The maximum absolute atomic E-state index is 14.6. The number of piperidine rings is 1. The molecule has 1 aliphatic rings. The number of rotatable bonds is 4. The summed E-state index contributed by atoms with van der Waals surface area (Å²) in [5.74, 6) is -0.900. The van der Waals surface area contributed by atoms with Gasteiger partial charge in [-0.2, -0.15) is 5.10 Å². The molecule has 32 heavy (non-hydrogen) atoms. The maximum Gasteiger partial charge on any atom is 0.211 e. The number of benzene rings is 2. The van der Waals surface area contributed by atoms with E-state index in [1.807, 2.05) is 12.1 Å². The number of aromatic amines is 1. The number of nitrogens with zero attached hydrogens (tertiary/aromatic N) is 3. The second-order valence-corrected chi connectivity index (χ2v) is 9.96. The zero-order chi connectivity index (χ0) is 22.5. The van der Waals surface area contributed by atoms with Crippen LogP contribution in [0.4, 0.5) is 14.6 Å². The number of hydrogen-bond donors (Lipinski definition) is 2. The Morgan fingerprint density at radius 3 is 2.34 bits per heavy atom. The van der Waals surface area contributed by atoms with Crippen molar-refractivity contribution < 1.29 is 17.2 Å². The van der Waals surface area contributed by atoms with Crippen molar-refractivity contribution in [3.63, 3.8) is 0 Å². The number of fused-ring (bicyclic) bond motifs is 3. The molecule has 1 fully saturated rings. The molecule has 3 heterocycles. The van der Waals surface area contributed by atoms with Gasteiger partial charge in [-0.1, -0.05) is 30.3 Å². The van der Waals surface area contributed by atoms with Gasteiger partial charge in [-0.05, 0) is 25.0 Å². The average Bonchev–Trinajstić information content (AvgIpc) is 3.16. The smallest absolute Gasteiger partial charge is 0.211 e. The Labute approximate surface area is 183 Å². The molecule has 7 nitrogen and oxygen atoms in total. The van der Waals surface area contributed by atoms with E-state index in [9.17, 15) is 17.2 Å². The summed E-state index contributed by atoms with van der Waals surface area (Å²) in [6.45, 7) is 0.835. The zero-order valence-corrected chi connectivity index (χ0v) is 18.1.